The molecule has 0 aromatic rings. The summed E-state index contributed by atoms with van der Waals surface area (Å²) < 4.78 is 0. The average Bonchev–Trinajstić information content (AvgIpc) is 2.48. The van der Waals surface area contributed by atoms with Crippen LogP contribution in [-0.2, 0) is 14.4 Å². The van der Waals surface area contributed by atoms with Gasteiger partial charge in [-0.15, -0.1) is 0 Å². The Morgan fingerprint density at radius 1 is 0.955 bits per heavy atom. The van der Waals surface area contributed by atoms with Crippen molar-refractivity contribution in [3.63, 3.8) is 0 Å². The lowest BCUT2D eigenvalue weighted by Gasteiger charge is -1.98. The van der Waals surface area contributed by atoms with Crippen molar-refractivity contribution >= 4 is 17.5 Å². The second-order valence-corrected chi connectivity index (χ2v) is 4.91. The Morgan fingerprint density at radius 3 is 2.23 bits per heavy atom. The molecule has 0 saturated carbocycles. The molecule has 0 unspecified atom stereocenters. The molecule has 0 saturated heterocycles. The van der Waals surface area contributed by atoms with Gasteiger partial charge < -0.3 is 5.11 Å². The highest BCUT2D eigenvalue weighted by Crippen LogP contribution is 2.07. The van der Waals surface area contributed by atoms with Gasteiger partial charge >= 0.3 is 5.97 Å². The fraction of sp³-hybridized carbons (Fsp3) is 0.500. The van der Waals surface area contributed by atoms with Crippen molar-refractivity contribution < 1.29 is 19.5 Å². The van der Waals surface area contributed by atoms with Gasteiger partial charge in [-0.05, 0) is 43.4 Å². The topological polar surface area (TPSA) is 71.4 Å². The predicted octanol–water partition coefficient (Wildman–Crippen LogP) is 3.47. The first-order chi connectivity index (χ1) is 10.6. The summed E-state index contributed by atoms with van der Waals surface area (Å²) in [4.78, 5) is 33.0. The quantitative estimate of drug-likeness (QED) is 0.274. The molecule has 0 heterocycles. The van der Waals surface area contributed by atoms with Gasteiger partial charge in [-0.2, -0.15) is 0 Å². The number of aliphatic carboxylic acids is 1. The summed E-state index contributed by atoms with van der Waals surface area (Å²) in [6, 6.07) is 0. The van der Waals surface area contributed by atoms with Crippen LogP contribution in [0.3, 0.4) is 0 Å². The van der Waals surface area contributed by atoms with E-state index in [-0.39, 0.29) is 18.0 Å². The zero-order valence-electron chi connectivity index (χ0n) is 13.1. The van der Waals surface area contributed by atoms with E-state index in [0.717, 1.165) is 32.1 Å². The van der Waals surface area contributed by atoms with E-state index >= 15 is 0 Å². The second-order valence-electron chi connectivity index (χ2n) is 4.91. The fourth-order valence-electron chi connectivity index (χ4n) is 1.70. The number of carboxylic acid groups (broad SMARTS) is 1. The summed E-state index contributed by atoms with van der Waals surface area (Å²) in [6.45, 7) is 1.93. The van der Waals surface area contributed by atoms with Crippen molar-refractivity contribution in [3.8, 4) is 11.8 Å². The molecular formula is C18H24O4. The van der Waals surface area contributed by atoms with E-state index in [2.05, 4.69) is 11.8 Å². The van der Waals surface area contributed by atoms with E-state index in [1.807, 2.05) is 6.92 Å². The number of hydrogen-bond donors (Lipinski definition) is 1. The van der Waals surface area contributed by atoms with Crippen molar-refractivity contribution in [2.24, 2.45) is 0 Å². The Bertz CT molecular complexity index is 475. The van der Waals surface area contributed by atoms with Gasteiger partial charge in [-0.3, -0.25) is 14.4 Å². The van der Waals surface area contributed by atoms with Crippen molar-refractivity contribution in [1.82, 2.24) is 0 Å². The second kappa shape index (κ2) is 13.8. The third-order valence-electron chi connectivity index (χ3n) is 2.87. The molecule has 4 heteroatoms. The number of ketones is 2. The lowest BCUT2D eigenvalue weighted by molar-refractivity contribution is -0.137. The van der Waals surface area contributed by atoms with E-state index in [0.29, 0.717) is 12.8 Å². The Hall–Kier alpha value is -2.15. The van der Waals surface area contributed by atoms with Crippen LogP contribution in [0.5, 0.6) is 0 Å². The van der Waals surface area contributed by atoms with Crippen LogP contribution < -0.4 is 0 Å². The van der Waals surface area contributed by atoms with Gasteiger partial charge in [-0.1, -0.05) is 38.2 Å². The minimum atomic E-state index is -0.759. The highest BCUT2D eigenvalue weighted by atomic mass is 16.4. The van der Waals surface area contributed by atoms with Crippen molar-refractivity contribution in [3.05, 3.63) is 24.3 Å². The fourth-order valence-corrected chi connectivity index (χ4v) is 1.70. The van der Waals surface area contributed by atoms with Gasteiger partial charge in [0.15, 0.2) is 5.78 Å². The number of allylic oxidation sites excluding steroid dienone is 4. The molecule has 0 amide bonds. The molecule has 4 nitrogen and oxygen atoms in total. The summed E-state index contributed by atoms with van der Waals surface area (Å²) in [7, 11) is 0. The van der Waals surface area contributed by atoms with Crippen LogP contribution >= 0.6 is 0 Å². The van der Waals surface area contributed by atoms with Crippen molar-refractivity contribution in [2.45, 2.75) is 58.3 Å². The molecule has 0 aliphatic heterocycles. The maximum atomic E-state index is 11.5. The number of unbranched alkanes of at least 4 members (excludes halogenated alkanes) is 4. The maximum Gasteiger partial charge on any atom is 0.303 e. The van der Waals surface area contributed by atoms with Crippen LogP contribution in [0, 0.1) is 11.8 Å². The van der Waals surface area contributed by atoms with Crippen LogP contribution in [0.15, 0.2) is 24.3 Å². The summed E-state index contributed by atoms with van der Waals surface area (Å²) >= 11 is 0. The normalized spacial score (nSPS) is 10.6. The van der Waals surface area contributed by atoms with Crippen LogP contribution in [0.1, 0.15) is 58.3 Å². The van der Waals surface area contributed by atoms with Gasteiger partial charge in [0.25, 0.3) is 0 Å². The van der Waals surface area contributed by atoms with Crippen molar-refractivity contribution in [1.29, 1.82) is 0 Å². The zero-order chi connectivity index (χ0) is 16.6. The molecule has 1 N–H and O–H groups in total. The number of hydrogen-bond acceptors (Lipinski definition) is 3. The smallest absolute Gasteiger partial charge is 0.303 e. The lowest BCUT2D eigenvalue weighted by atomic mass is 10.1. The highest BCUT2D eigenvalue weighted by molar-refractivity contribution is 6.04. The Labute approximate surface area is 132 Å². The minimum Gasteiger partial charge on any atom is -0.481 e. The molecule has 0 rings (SSSR count). The molecule has 0 aliphatic rings. The molecule has 120 valence electrons. The largest absolute Gasteiger partial charge is 0.481 e. The third kappa shape index (κ3) is 14.3. The van der Waals surface area contributed by atoms with Crippen LogP contribution in [0.2, 0.25) is 0 Å². The van der Waals surface area contributed by atoms with Gasteiger partial charge in [0.2, 0.25) is 5.78 Å². The van der Waals surface area contributed by atoms with E-state index in [1.165, 1.54) is 18.2 Å². The Morgan fingerprint density at radius 2 is 1.59 bits per heavy atom. The van der Waals surface area contributed by atoms with Gasteiger partial charge in [-0.25, -0.2) is 0 Å². The van der Waals surface area contributed by atoms with E-state index in [1.54, 1.807) is 6.08 Å². The van der Waals surface area contributed by atoms with Gasteiger partial charge in [0.1, 0.15) is 0 Å². The minimum absolute atomic E-state index is 0.00335. The van der Waals surface area contributed by atoms with Gasteiger partial charge in [0.05, 0.1) is 0 Å². The zero-order valence-corrected chi connectivity index (χ0v) is 13.1. The average molecular weight is 304 g/mol. The van der Waals surface area contributed by atoms with E-state index < -0.39 is 5.97 Å². The first-order valence-electron chi connectivity index (χ1n) is 7.69. The number of carboxylic acids is 1. The first kappa shape index (κ1) is 19.9. The molecule has 0 aromatic carbocycles. The molecule has 0 fully saturated rings. The number of carbonyl (C=O) groups excluding carboxylic acids is 2. The summed E-state index contributed by atoms with van der Waals surface area (Å²) in [5.41, 5.74) is 0. The maximum absolute atomic E-state index is 11.5. The molecule has 0 aliphatic carbocycles. The van der Waals surface area contributed by atoms with Crippen LogP contribution in [-0.4, -0.2) is 22.6 Å². The predicted molar refractivity (Wildman–Crippen MR) is 86.3 cm³/mol. The first-order valence-corrected chi connectivity index (χ1v) is 7.69. The van der Waals surface area contributed by atoms with Crippen LogP contribution in [0.4, 0.5) is 0 Å². The molecule has 0 radical (unpaired) electrons. The molecule has 0 bridgehead atoms. The highest BCUT2D eigenvalue weighted by Gasteiger charge is 1.98. The standard InChI is InChI=1S/C18H24O4/c1-2-3-11-16(19)13-9-10-14-17(20)12-7-5-4-6-8-15-18(21)22/h3,10-11,14H,2,4-8,12,15H2,1H3,(H,21,22). The molecule has 0 spiro atoms. The van der Waals surface area contributed by atoms with Crippen LogP contribution in [0.25, 0.3) is 0 Å². The molecule has 22 heavy (non-hydrogen) atoms. The monoisotopic (exact) mass is 304 g/mol. The third-order valence-corrected chi connectivity index (χ3v) is 2.87. The number of rotatable bonds is 11. The summed E-state index contributed by atoms with van der Waals surface area (Å²) in [5.74, 6) is 3.93. The SMILES string of the molecule is CCC=CC(=O)C#CC=CC(=O)CCCCCCCC(=O)O. The molecular weight excluding hydrogens is 280 g/mol. The lowest BCUT2D eigenvalue weighted by Crippen LogP contribution is -1.94. The summed E-state index contributed by atoms with van der Waals surface area (Å²) in [5, 5.41) is 8.48. The molecule has 0 atom stereocenters. The van der Waals surface area contributed by atoms with Crippen molar-refractivity contribution in [2.75, 3.05) is 0 Å². The Kier molecular flexibility index (Phi) is 12.5. The molecule has 0 aromatic heterocycles. The van der Waals surface area contributed by atoms with Gasteiger partial charge in [0, 0.05) is 12.8 Å². The van der Waals surface area contributed by atoms with E-state index in [9.17, 15) is 14.4 Å². The summed E-state index contributed by atoms with van der Waals surface area (Å²) in [6.07, 6.45) is 11.7. The van der Waals surface area contributed by atoms with E-state index in [4.69, 9.17) is 5.11 Å². The number of carbonyl (C=O) groups is 3. The Balaban J connectivity index is 3.71.